The average molecular weight is 431 g/mol. The molecule has 0 atom stereocenters. The van der Waals surface area contributed by atoms with Gasteiger partial charge in [-0.25, -0.2) is 4.98 Å². The summed E-state index contributed by atoms with van der Waals surface area (Å²) in [7, 11) is 3.19. The number of aromatic nitrogens is 2. The quantitative estimate of drug-likeness (QED) is 0.420. The van der Waals surface area contributed by atoms with Crippen LogP contribution < -0.4 is 19.5 Å². The van der Waals surface area contributed by atoms with Crippen molar-refractivity contribution in [3.8, 4) is 28.6 Å². The number of aryl methyl sites for hydroxylation is 1. The standard InChI is InChI=1S/C25H25N3O4/c1-5-32-18-8-6-7-17(11-18)25(29)28-19-12-16(10-9-15(19)2)24-26-20-13-22(30-3)23(31-4)14-21(20)27-24/h6-14H,5H2,1-4H3,(H,26,27)(H,28,29). The number of carbonyl (C=O) groups excluding carboxylic acids is 1. The van der Waals surface area contributed by atoms with E-state index in [9.17, 15) is 4.79 Å². The van der Waals surface area contributed by atoms with Crippen LogP contribution in [0.4, 0.5) is 5.69 Å². The number of nitrogens with zero attached hydrogens (tertiary/aromatic N) is 1. The van der Waals surface area contributed by atoms with Gasteiger partial charge in [-0.2, -0.15) is 0 Å². The van der Waals surface area contributed by atoms with Crippen molar-refractivity contribution in [1.29, 1.82) is 0 Å². The number of fused-ring (bicyclic) bond motifs is 1. The van der Waals surface area contributed by atoms with Crippen molar-refractivity contribution in [2.75, 3.05) is 26.1 Å². The molecular weight excluding hydrogens is 406 g/mol. The lowest BCUT2D eigenvalue weighted by Crippen LogP contribution is -2.13. The van der Waals surface area contributed by atoms with Crippen LogP contribution in [-0.4, -0.2) is 36.7 Å². The van der Waals surface area contributed by atoms with Gasteiger partial charge in [0.15, 0.2) is 11.5 Å². The predicted octanol–water partition coefficient (Wildman–Crippen LogP) is 5.21. The topological polar surface area (TPSA) is 85.5 Å². The normalized spacial score (nSPS) is 10.8. The lowest BCUT2D eigenvalue weighted by molar-refractivity contribution is 0.102. The number of H-pyrrole nitrogens is 1. The van der Waals surface area contributed by atoms with Gasteiger partial charge in [0.25, 0.3) is 5.91 Å². The Labute approximate surface area is 186 Å². The Bertz CT molecular complexity index is 1240. The Hall–Kier alpha value is -4.00. The fourth-order valence-electron chi connectivity index (χ4n) is 3.47. The molecule has 0 aliphatic rings. The maximum absolute atomic E-state index is 12.8. The van der Waals surface area contributed by atoms with Crippen molar-refractivity contribution in [2.24, 2.45) is 0 Å². The second-order valence-electron chi connectivity index (χ2n) is 7.25. The molecule has 0 bridgehead atoms. The van der Waals surface area contributed by atoms with E-state index in [-0.39, 0.29) is 5.91 Å². The summed E-state index contributed by atoms with van der Waals surface area (Å²) in [6, 6.07) is 16.6. The summed E-state index contributed by atoms with van der Waals surface area (Å²) in [5.74, 6) is 2.39. The number of methoxy groups -OCH3 is 2. The van der Waals surface area contributed by atoms with E-state index in [0.717, 1.165) is 22.2 Å². The molecule has 0 fully saturated rings. The van der Waals surface area contributed by atoms with E-state index in [1.54, 1.807) is 32.4 Å². The number of ether oxygens (including phenoxy) is 3. The van der Waals surface area contributed by atoms with E-state index < -0.39 is 0 Å². The molecule has 4 aromatic rings. The largest absolute Gasteiger partial charge is 0.494 e. The van der Waals surface area contributed by atoms with Crippen LogP contribution in [0.25, 0.3) is 22.4 Å². The Balaban J connectivity index is 1.64. The second kappa shape index (κ2) is 9.01. The third kappa shape index (κ3) is 4.23. The van der Waals surface area contributed by atoms with Crippen LogP contribution in [0, 0.1) is 6.92 Å². The van der Waals surface area contributed by atoms with E-state index in [1.165, 1.54) is 0 Å². The Morgan fingerprint density at radius 2 is 1.81 bits per heavy atom. The summed E-state index contributed by atoms with van der Waals surface area (Å²) < 4.78 is 16.2. The molecule has 4 rings (SSSR count). The van der Waals surface area contributed by atoms with Gasteiger partial charge in [0.1, 0.15) is 11.6 Å². The summed E-state index contributed by atoms with van der Waals surface area (Å²) in [6.45, 7) is 4.40. The minimum atomic E-state index is -0.203. The minimum absolute atomic E-state index is 0.203. The molecule has 0 spiro atoms. The highest BCUT2D eigenvalue weighted by Gasteiger charge is 2.14. The van der Waals surface area contributed by atoms with Gasteiger partial charge in [0.2, 0.25) is 0 Å². The number of hydrogen-bond acceptors (Lipinski definition) is 5. The molecule has 1 heterocycles. The molecule has 7 heteroatoms. The average Bonchev–Trinajstić information content (AvgIpc) is 3.22. The van der Waals surface area contributed by atoms with Crippen molar-refractivity contribution in [3.05, 3.63) is 65.7 Å². The molecule has 0 saturated heterocycles. The van der Waals surface area contributed by atoms with Crippen LogP contribution in [0.3, 0.4) is 0 Å². The predicted molar refractivity (Wildman–Crippen MR) is 125 cm³/mol. The van der Waals surface area contributed by atoms with Crippen LogP contribution in [0.2, 0.25) is 0 Å². The number of benzene rings is 3. The molecule has 2 N–H and O–H groups in total. The zero-order valence-electron chi connectivity index (χ0n) is 18.5. The monoisotopic (exact) mass is 431 g/mol. The molecule has 0 saturated carbocycles. The first-order valence-corrected chi connectivity index (χ1v) is 10.3. The molecule has 164 valence electrons. The molecule has 0 radical (unpaired) electrons. The summed E-state index contributed by atoms with van der Waals surface area (Å²) in [4.78, 5) is 20.8. The van der Waals surface area contributed by atoms with Gasteiger partial charge in [-0.1, -0.05) is 18.2 Å². The zero-order chi connectivity index (χ0) is 22.7. The molecule has 1 aromatic heterocycles. The lowest BCUT2D eigenvalue weighted by Gasteiger charge is -2.11. The van der Waals surface area contributed by atoms with Gasteiger partial charge in [-0.05, 0) is 43.7 Å². The molecule has 0 aliphatic heterocycles. The Kier molecular flexibility index (Phi) is 5.98. The molecular formula is C25H25N3O4. The van der Waals surface area contributed by atoms with E-state index >= 15 is 0 Å². The highest BCUT2D eigenvalue weighted by atomic mass is 16.5. The maximum atomic E-state index is 12.8. The number of nitrogens with one attached hydrogen (secondary N) is 2. The number of anilines is 1. The van der Waals surface area contributed by atoms with Crippen molar-refractivity contribution in [2.45, 2.75) is 13.8 Å². The second-order valence-corrected chi connectivity index (χ2v) is 7.25. The molecule has 1 amide bonds. The van der Waals surface area contributed by atoms with Gasteiger partial charge >= 0.3 is 0 Å². The number of aromatic amines is 1. The first-order valence-electron chi connectivity index (χ1n) is 10.3. The molecule has 32 heavy (non-hydrogen) atoms. The summed E-state index contributed by atoms with van der Waals surface area (Å²) in [5.41, 5.74) is 4.63. The highest BCUT2D eigenvalue weighted by Crippen LogP contribution is 2.33. The van der Waals surface area contributed by atoms with E-state index in [4.69, 9.17) is 14.2 Å². The fourth-order valence-corrected chi connectivity index (χ4v) is 3.47. The van der Waals surface area contributed by atoms with Crippen molar-refractivity contribution in [1.82, 2.24) is 9.97 Å². The highest BCUT2D eigenvalue weighted by molar-refractivity contribution is 6.05. The molecule has 3 aromatic carbocycles. The van der Waals surface area contributed by atoms with E-state index in [0.29, 0.717) is 40.9 Å². The smallest absolute Gasteiger partial charge is 0.255 e. The van der Waals surface area contributed by atoms with Gasteiger partial charge < -0.3 is 24.5 Å². The summed E-state index contributed by atoms with van der Waals surface area (Å²) in [5, 5.41) is 3.00. The fraction of sp³-hybridized carbons (Fsp3) is 0.200. The molecule has 0 aliphatic carbocycles. The molecule has 0 unspecified atom stereocenters. The SMILES string of the molecule is CCOc1cccc(C(=O)Nc2cc(-c3nc4cc(OC)c(OC)cc4[nH]3)ccc2C)c1. The van der Waals surface area contributed by atoms with Crippen LogP contribution in [0.1, 0.15) is 22.8 Å². The first-order chi connectivity index (χ1) is 15.5. The summed E-state index contributed by atoms with van der Waals surface area (Å²) in [6.07, 6.45) is 0. The number of imidazole rings is 1. The number of carbonyl (C=O) groups is 1. The number of rotatable bonds is 7. The molecule has 7 nitrogen and oxygen atoms in total. The number of hydrogen-bond donors (Lipinski definition) is 2. The first kappa shape index (κ1) is 21.2. The zero-order valence-corrected chi connectivity index (χ0v) is 18.5. The Morgan fingerprint density at radius 3 is 2.56 bits per heavy atom. The van der Waals surface area contributed by atoms with Gasteiger partial charge in [-0.15, -0.1) is 0 Å². The van der Waals surface area contributed by atoms with Gasteiger partial charge in [0.05, 0.1) is 31.9 Å². The third-order valence-corrected chi connectivity index (χ3v) is 5.15. The van der Waals surface area contributed by atoms with Crippen LogP contribution >= 0.6 is 0 Å². The van der Waals surface area contributed by atoms with Crippen molar-refractivity contribution in [3.63, 3.8) is 0 Å². The van der Waals surface area contributed by atoms with Crippen LogP contribution in [0.5, 0.6) is 17.2 Å². The van der Waals surface area contributed by atoms with Gasteiger partial charge in [0, 0.05) is 28.9 Å². The van der Waals surface area contributed by atoms with Crippen molar-refractivity contribution < 1.29 is 19.0 Å². The Morgan fingerprint density at radius 1 is 1.03 bits per heavy atom. The van der Waals surface area contributed by atoms with Crippen LogP contribution in [0.15, 0.2) is 54.6 Å². The number of amides is 1. The van der Waals surface area contributed by atoms with E-state index in [2.05, 4.69) is 15.3 Å². The van der Waals surface area contributed by atoms with Gasteiger partial charge in [-0.3, -0.25) is 4.79 Å². The van der Waals surface area contributed by atoms with Crippen molar-refractivity contribution >= 4 is 22.6 Å². The minimum Gasteiger partial charge on any atom is -0.494 e. The van der Waals surface area contributed by atoms with E-state index in [1.807, 2.05) is 50.2 Å². The third-order valence-electron chi connectivity index (χ3n) is 5.15. The summed E-state index contributed by atoms with van der Waals surface area (Å²) >= 11 is 0. The maximum Gasteiger partial charge on any atom is 0.255 e. The van der Waals surface area contributed by atoms with Crippen LogP contribution in [-0.2, 0) is 0 Å². The lowest BCUT2D eigenvalue weighted by atomic mass is 10.1.